The van der Waals surface area contributed by atoms with Gasteiger partial charge in [-0.3, -0.25) is 19.3 Å². The minimum Gasteiger partial charge on any atom is -0.327 e. The maximum atomic E-state index is 13.8. The first-order valence-corrected chi connectivity index (χ1v) is 15.8. The molecule has 1 N–H and O–H groups in total. The van der Waals surface area contributed by atoms with E-state index in [9.17, 15) is 30.8 Å². The van der Waals surface area contributed by atoms with Crippen LogP contribution < -0.4 is 4.72 Å². The van der Waals surface area contributed by atoms with Gasteiger partial charge in [-0.1, -0.05) is 44.5 Å². The van der Waals surface area contributed by atoms with Crippen molar-refractivity contribution in [3.8, 4) is 0 Å². The number of fused-ring (bicyclic) bond motifs is 1. The van der Waals surface area contributed by atoms with E-state index >= 15 is 0 Å². The normalized spacial score (nSPS) is 23.0. The number of ketones is 1. The lowest BCUT2D eigenvalue weighted by atomic mass is 9.82. The van der Waals surface area contributed by atoms with Crippen molar-refractivity contribution in [2.24, 2.45) is 16.3 Å². The van der Waals surface area contributed by atoms with Gasteiger partial charge < -0.3 is 4.90 Å². The van der Waals surface area contributed by atoms with E-state index in [1.54, 1.807) is 33.8 Å². The number of alkyl halides is 1. The van der Waals surface area contributed by atoms with Crippen molar-refractivity contribution in [1.82, 2.24) is 4.90 Å². The number of sulfone groups is 1. The van der Waals surface area contributed by atoms with E-state index in [1.807, 2.05) is 0 Å². The number of carbonyl (C=O) groups is 2. The van der Waals surface area contributed by atoms with Crippen LogP contribution >= 0.6 is 11.6 Å². The quantitative estimate of drug-likeness (QED) is 0.396. The van der Waals surface area contributed by atoms with Gasteiger partial charge in [-0.25, -0.2) is 21.2 Å². The first-order chi connectivity index (χ1) is 18.0. The van der Waals surface area contributed by atoms with Crippen molar-refractivity contribution in [2.45, 2.75) is 56.8 Å². The zero-order valence-electron chi connectivity index (χ0n) is 22.0. The Morgan fingerprint density at radius 3 is 2.38 bits per heavy atom. The number of benzene rings is 2. The number of nitrogens with zero attached hydrogens (tertiary/aromatic N) is 2. The molecule has 0 radical (unpaired) electrons. The third kappa shape index (κ3) is 5.33. The molecule has 3 atom stereocenters. The zero-order valence-corrected chi connectivity index (χ0v) is 24.4. The van der Waals surface area contributed by atoms with Crippen LogP contribution in [0.1, 0.15) is 38.8 Å². The fraction of sp³-hybridized carbons (Fsp3) is 0.423. The van der Waals surface area contributed by atoms with Gasteiger partial charge in [0.15, 0.2) is 10.5 Å². The van der Waals surface area contributed by atoms with Crippen molar-refractivity contribution in [1.29, 1.82) is 0 Å². The minimum absolute atomic E-state index is 0.00856. The number of likely N-dealkylation sites (tertiary alicyclic amines) is 1. The summed E-state index contributed by atoms with van der Waals surface area (Å²) in [5.41, 5.74) is -0.0539. The highest BCUT2D eigenvalue weighted by Crippen LogP contribution is 2.42. The molecule has 1 saturated heterocycles. The van der Waals surface area contributed by atoms with Crippen LogP contribution in [0.5, 0.6) is 0 Å². The Kier molecular flexibility index (Phi) is 7.46. The largest absolute Gasteiger partial charge is 0.327 e. The molecule has 2 aromatic rings. The van der Waals surface area contributed by atoms with E-state index in [-0.39, 0.29) is 34.3 Å². The Hall–Kier alpha value is -2.83. The molecule has 2 aliphatic heterocycles. The van der Waals surface area contributed by atoms with Gasteiger partial charge >= 0.3 is 0 Å². The second-order valence-corrected chi connectivity index (χ2v) is 15.4. The monoisotopic (exact) mass is 597 g/mol. The number of aliphatic imine (C=N–C) groups is 1. The van der Waals surface area contributed by atoms with Crippen LogP contribution in [0.3, 0.4) is 0 Å². The molecule has 2 unspecified atom stereocenters. The molecule has 0 bridgehead atoms. The number of carbonyl (C=O) groups excluding carboxylic acids is 2. The van der Waals surface area contributed by atoms with Crippen LogP contribution in [0, 0.1) is 24.1 Å². The molecule has 0 aliphatic carbocycles. The maximum absolute atomic E-state index is 13.8. The Bertz CT molecular complexity index is 1620. The van der Waals surface area contributed by atoms with E-state index in [1.165, 1.54) is 36.1 Å². The molecule has 39 heavy (non-hydrogen) atoms. The third-order valence-corrected chi connectivity index (χ3v) is 10.7. The van der Waals surface area contributed by atoms with Crippen LogP contribution in [-0.2, 0) is 36.0 Å². The Morgan fingerprint density at radius 2 is 1.79 bits per heavy atom. The Balaban J connectivity index is 1.78. The molecule has 13 heteroatoms. The molecule has 2 aliphatic rings. The summed E-state index contributed by atoms with van der Waals surface area (Å²) in [7, 11) is -8.02. The van der Waals surface area contributed by atoms with Crippen molar-refractivity contribution < 1.29 is 30.8 Å². The summed E-state index contributed by atoms with van der Waals surface area (Å²) < 4.78 is 65.1. The molecule has 0 spiro atoms. The lowest BCUT2D eigenvalue weighted by Crippen LogP contribution is -2.44. The lowest BCUT2D eigenvalue weighted by molar-refractivity contribution is -0.132. The van der Waals surface area contributed by atoms with Gasteiger partial charge in [0.25, 0.3) is 0 Å². The summed E-state index contributed by atoms with van der Waals surface area (Å²) in [4.78, 5) is 32.9. The summed E-state index contributed by atoms with van der Waals surface area (Å²) in [6.07, 6.45) is 0. The molecule has 2 aromatic carbocycles. The molecule has 0 aromatic heterocycles. The van der Waals surface area contributed by atoms with Gasteiger partial charge in [0.05, 0.1) is 28.1 Å². The number of nitrogens with one attached hydrogen (secondary N) is 1. The Morgan fingerprint density at radius 1 is 1.13 bits per heavy atom. The second kappa shape index (κ2) is 9.97. The molecule has 4 rings (SSSR count). The van der Waals surface area contributed by atoms with E-state index in [0.717, 1.165) is 6.07 Å². The number of halogens is 2. The minimum atomic E-state index is -4.34. The van der Waals surface area contributed by atoms with Crippen LogP contribution in [0.15, 0.2) is 46.3 Å². The van der Waals surface area contributed by atoms with Crippen LogP contribution in [0.25, 0.3) is 0 Å². The number of anilines is 1. The van der Waals surface area contributed by atoms with E-state index in [4.69, 9.17) is 11.6 Å². The molecule has 1 amide bonds. The average molecular weight is 598 g/mol. The summed E-state index contributed by atoms with van der Waals surface area (Å²) in [6.45, 7) is 8.41. The second-order valence-electron chi connectivity index (χ2n) is 10.7. The zero-order chi connectivity index (χ0) is 29.1. The number of Topliss-reactive ketones (excluding diaryl/α,β-unsaturated/α-hetero) is 1. The fourth-order valence-electron chi connectivity index (χ4n) is 4.87. The van der Waals surface area contributed by atoms with Gasteiger partial charge in [-0.2, -0.15) is 0 Å². The van der Waals surface area contributed by atoms with Crippen LogP contribution in [-0.4, -0.2) is 55.6 Å². The molecular formula is C26H29ClFN3O6S2. The van der Waals surface area contributed by atoms with Crippen LogP contribution in [0.4, 0.5) is 15.8 Å². The summed E-state index contributed by atoms with van der Waals surface area (Å²) in [5, 5.41) is 0. The molecule has 210 valence electrons. The highest BCUT2D eigenvalue weighted by atomic mass is 35.5. The van der Waals surface area contributed by atoms with Crippen molar-refractivity contribution in [3.63, 3.8) is 0 Å². The first-order valence-electron chi connectivity index (χ1n) is 12.2. The van der Waals surface area contributed by atoms with Gasteiger partial charge in [-0.05, 0) is 54.7 Å². The predicted molar refractivity (Wildman–Crippen MR) is 147 cm³/mol. The Labute approximate surface area is 232 Å². The lowest BCUT2D eigenvalue weighted by Gasteiger charge is -2.33. The highest BCUT2D eigenvalue weighted by Gasteiger charge is 2.56. The van der Waals surface area contributed by atoms with E-state index in [2.05, 4.69) is 9.71 Å². The van der Waals surface area contributed by atoms with Crippen LogP contribution in [0.2, 0.25) is 0 Å². The summed E-state index contributed by atoms with van der Waals surface area (Å²) in [6, 6.07) is 7.25. The predicted octanol–water partition coefficient (Wildman–Crippen LogP) is 3.96. The fourth-order valence-corrected chi connectivity index (χ4v) is 7.39. The topological polar surface area (TPSA) is 130 Å². The number of hydrogen-bond donors (Lipinski definition) is 1. The van der Waals surface area contributed by atoms with Gasteiger partial charge in [-0.15, -0.1) is 0 Å². The first kappa shape index (κ1) is 29.2. The van der Waals surface area contributed by atoms with Crippen molar-refractivity contribution in [3.05, 3.63) is 53.3 Å². The average Bonchev–Trinajstić information content (AvgIpc) is 3.08. The van der Waals surface area contributed by atoms with Crippen molar-refractivity contribution >= 4 is 60.2 Å². The molecule has 2 heterocycles. The molecule has 0 saturated carbocycles. The number of hydrogen-bond acceptors (Lipinski definition) is 7. The van der Waals surface area contributed by atoms with Crippen molar-refractivity contribution in [2.75, 3.05) is 10.5 Å². The summed E-state index contributed by atoms with van der Waals surface area (Å²) >= 11 is 6.41. The number of aryl methyl sites for hydroxylation is 1. The van der Waals surface area contributed by atoms with Gasteiger partial charge in [0, 0.05) is 12.2 Å². The van der Waals surface area contributed by atoms with Gasteiger partial charge in [0.1, 0.15) is 11.7 Å². The summed E-state index contributed by atoms with van der Waals surface area (Å²) in [5.74, 6) is -3.31. The molecular weight excluding hydrogens is 569 g/mol. The smallest absolute Gasteiger partial charge is 0.240 e. The third-order valence-electron chi connectivity index (χ3n) is 6.76. The van der Waals surface area contributed by atoms with Gasteiger partial charge in [0.2, 0.25) is 25.8 Å². The maximum Gasteiger partial charge on any atom is 0.240 e. The van der Waals surface area contributed by atoms with E-state index in [0.29, 0.717) is 11.1 Å². The number of rotatable bonds is 6. The molecule has 9 nitrogen and oxygen atoms in total. The molecule has 1 fully saturated rings. The van der Waals surface area contributed by atoms with E-state index < -0.39 is 59.5 Å². The standard InChI is InChI=1S/C26H29ClFN3O6S2/c1-6-38(34,35)30-16-8-10-18-19(12-16)39(36,37)24(27)21(29-18)20-22(32)23(26(3,4)5)31(25(20)33)13-15-7-9-17(28)14(2)11-15/h7-12,20,23-24,30H,6,13H2,1-5H3/t20?,23-,24?/m1/s1. The number of amides is 1. The highest BCUT2D eigenvalue weighted by molar-refractivity contribution is 7.94. The number of sulfonamides is 1. The SMILES string of the molecule is CCS(=O)(=O)Nc1ccc2c(c1)S(=O)(=O)C(Cl)C(C1C(=O)[C@H](C(C)(C)C)N(Cc3ccc(F)c(C)c3)C1=O)=N2.